The minimum atomic E-state index is -0.258. The van der Waals surface area contributed by atoms with Gasteiger partial charge < -0.3 is 10.1 Å². The molecule has 13 heavy (non-hydrogen) atoms. The van der Waals surface area contributed by atoms with Crippen LogP contribution in [0.3, 0.4) is 0 Å². The Balaban J connectivity index is 2.01. The summed E-state index contributed by atoms with van der Waals surface area (Å²) in [4.78, 5) is 21.9. The van der Waals surface area contributed by atoms with Gasteiger partial charge in [0.2, 0.25) is 0 Å². The van der Waals surface area contributed by atoms with Gasteiger partial charge in [-0.15, -0.1) is 0 Å². The summed E-state index contributed by atoms with van der Waals surface area (Å²) in [6.45, 7) is 1.41. The number of ether oxygens (including phenoxy) is 1. The topological polar surface area (TPSA) is 55.4 Å². The molecule has 2 rings (SSSR count). The number of carbonyl (C=O) groups excluding carboxylic acids is 2. The van der Waals surface area contributed by atoms with E-state index >= 15 is 0 Å². The summed E-state index contributed by atoms with van der Waals surface area (Å²) >= 11 is 0. The first-order chi connectivity index (χ1) is 6.15. The molecular formula is C9H13NO3. The van der Waals surface area contributed by atoms with Crippen LogP contribution in [-0.2, 0) is 14.3 Å². The van der Waals surface area contributed by atoms with Gasteiger partial charge in [0.15, 0.2) is 0 Å². The van der Waals surface area contributed by atoms with Crippen molar-refractivity contribution in [2.75, 3.05) is 0 Å². The second kappa shape index (κ2) is 3.10. The quantitative estimate of drug-likeness (QED) is 0.582. The van der Waals surface area contributed by atoms with Gasteiger partial charge in [0.1, 0.15) is 11.9 Å². The third-order valence-electron chi connectivity index (χ3n) is 2.65. The predicted molar refractivity (Wildman–Crippen MR) is 45.1 cm³/mol. The molecule has 2 fully saturated rings. The molecule has 0 spiro atoms. The fraction of sp³-hybridized carbons (Fsp3) is 0.778. The molecule has 4 nitrogen and oxygen atoms in total. The number of rotatable bonds is 1. The Morgan fingerprint density at radius 1 is 1.54 bits per heavy atom. The van der Waals surface area contributed by atoms with Crippen molar-refractivity contribution in [1.29, 1.82) is 0 Å². The summed E-state index contributed by atoms with van der Waals surface area (Å²) in [6, 6.07) is 0.297. The summed E-state index contributed by atoms with van der Waals surface area (Å²) in [5.41, 5.74) is 0. The van der Waals surface area contributed by atoms with Crippen molar-refractivity contribution in [3.05, 3.63) is 0 Å². The van der Waals surface area contributed by atoms with Crippen LogP contribution in [0, 0.1) is 0 Å². The van der Waals surface area contributed by atoms with Gasteiger partial charge >= 0.3 is 5.97 Å². The molecule has 0 aromatic carbocycles. The molecule has 1 N–H and O–H groups in total. The van der Waals surface area contributed by atoms with Crippen molar-refractivity contribution < 1.29 is 14.3 Å². The maximum atomic E-state index is 11.2. The van der Waals surface area contributed by atoms with E-state index in [1.165, 1.54) is 6.92 Å². The van der Waals surface area contributed by atoms with E-state index in [9.17, 15) is 9.59 Å². The highest BCUT2D eigenvalue weighted by Gasteiger charge is 2.41. The van der Waals surface area contributed by atoms with E-state index in [0.29, 0.717) is 12.8 Å². The second-order valence-corrected chi connectivity index (χ2v) is 3.80. The molecule has 2 heterocycles. The molecule has 0 unspecified atom stereocenters. The van der Waals surface area contributed by atoms with E-state index in [0.717, 1.165) is 6.42 Å². The Labute approximate surface area is 76.6 Å². The highest BCUT2D eigenvalue weighted by molar-refractivity contribution is 5.81. The molecular weight excluding hydrogens is 170 g/mol. The van der Waals surface area contributed by atoms with Crippen LogP contribution in [0.1, 0.15) is 26.2 Å². The summed E-state index contributed by atoms with van der Waals surface area (Å²) in [5.74, 6) is 0.0233. The summed E-state index contributed by atoms with van der Waals surface area (Å²) in [6.07, 6.45) is 1.80. The van der Waals surface area contributed by atoms with Crippen LogP contribution >= 0.6 is 0 Å². The molecule has 0 aromatic heterocycles. The predicted octanol–water partition coefficient (Wildman–Crippen LogP) is 0.0115. The first-order valence-electron chi connectivity index (χ1n) is 4.60. The van der Waals surface area contributed by atoms with Crippen molar-refractivity contribution in [2.45, 2.75) is 44.4 Å². The standard InChI is InChI=1S/C9H13NO3/c1-5(11)13-9-3-6-2-7(12)4-8(9)10-6/h6,8-10H,2-4H2,1H3/t6-,8+,9-/m1/s1. The minimum absolute atomic E-state index is 0.0650. The maximum absolute atomic E-state index is 11.2. The number of piperidine rings is 1. The van der Waals surface area contributed by atoms with E-state index < -0.39 is 0 Å². The molecule has 0 amide bonds. The first-order valence-corrected chi connectivity index (χ1v) is 4.60. The van der Waals surface area contributed by atoms with Gasteiger partial charge in [0.25, 0.3) is 0 Å². The number of carbonyl (C=O) groups is 2. The number of hydrogen-bond acceptors (Lipinski definition) is 4. The lowest BCUT2D eigenvalue weighted by Gasteiger charge is -2.21. The minimum Gasteiger partial charge on any atom is -0.461 e. The molecule has 2 bridgehead atoms. The van der Waals surface area contributed by atoms with E-state index in [1.807, 2.05) is 0 Å². The summed E-state index contributed by atoms with van der Waals surface area (Å²) in [5, 5.41) is 3.28. The van der Waals surface area contributed by atoms with Crippen molar-refractivity contribution >= 4 is 11.8 Å². The zero-order valence-electron chi connectivity index (χ0n) is 7.58. The van der Waals surface area contributed by atoms with Gasteiger partial charge in [-0.25, -0.2) is 0 Å². The Hall–Kier alpha value is -0.900. The number of fused-ring (bicyclic) bond motifs is 2. The summed E-state index contributed by atoms with van der Waals surface area (Å²) < 4.78 is 5.12. The van der Waals surface area contributed by atoms with Crippen LogP contribution < -0.4 is 5.32 Å². The van der Waals surface area contributed by atoms with Crippen LogP contribution in [0.5, 0.6) is 0 Å². The zero-order chi connectivity index (χ0) is 9.42. The first kappa shape index (κ1) is 8.69. The van der Waals surface area contributed by atoms with E-state index in [4.69, 9.17) is 4.74 Å². The van der Waals surface area contributed by atoms with Crippen LogP contribution in [0.25, 0.3) is 0 Å². The van der Waals surface area contributed by atoms with Gasteiger partial charge in [-0.1, -0.05) is 0 Å². The number of hydrogen-bond donors (Lipinski definition) is 1. The fourth-order valence-electron chi connectivity index (χ4n) is 2.20. The van der Waals surface area contributed by atoms with Gasteiger partial charge in [0.05, 0.1) is 6.04 Å². The number of nitrogens with one attached hydrogen (secondary N) is 1. The van der Waals surface area contributed by atoms with Crippen LogP contribution in [0.2, 0.25) is 0 Å². The average molecular weight is 183 g/mol. The Kier molecular flexibility index (Phi) is 2.07. The van der Waals surface area contributed by atoms with Crippen molar-refractivity contribution in [3.63, 3.8) is 0 Å². The maximum Gasteiger partial charge on any atom is 0.302 e. The van der Waals surface area contributed by atoms with Crippen LogP contribution in [0.15, 0.2) is 0 Å². The summed E-state index contributed by atoms with van der Waals surface area (Å²) in [7, 11) is 0. The van der Waals surface area contributed by atoms with Crippen molar-refractivity contribution in [1.82, 2.24) is 5.32 Å². The molecule has 0 radical (unpaired) electrons. The van der Waals surface area contributed by atoms with Gasteiger partial charge in [0, 0.05) is 32.2 Å². The lowest BCUT2D eigenvalue weighted by molar-refractivity contribution is -0.147. The molecule has 2 aliphatic rings. The van der Waals surface area contributed by atoms with E-state index in [2.05, 4.69) is 5.32 Å². The normalized spacial score (nSPS) is 37.6. The van der Waals surface area contributed by atoms with Crippen molar-refractivity contribution in [3.8, 4) is 0 Å². The molecule has 72 valence electrons. The molecule has 4 heteroatoms. The molecule has 2 aliphatic heterocycles. The SMILES string of the molecule is CC(=O)O[C@@H]1C[C@H]2CC(=O)C[C@@H]1N2. The Morgan fingerprint density at radius 2 is 2.31 bits per heavy atom. The third kappa shape index (κ3) is 1.72. The monoisotopic (exact) mass is 183 g/mol. The zero-order valence-corrected chi connectivity index (χ0v) is 7.58. The number of Topliss-reactive ketones (excluding diaryl/α,β-unsaturated/α-hetero) is 1. The third-order valence-corrected chi connectivity index (χ3v) is 2.65. The largest absolute Gasteiger partial charge is 0.461 e. The highest BCUT2D eigenvalue weighted by Crippen LogP contribution is 2.27. The Bertz CT molecular complexity index is 251. The lowest BCUT2D eigenvalue weighted by atomic mass is 10.0. The van der Waals surface area contributed by atoms with Gasteiger partial charge in [-0.2, -0.15) is 0 Å². The van der Waals surface area contributed by atoms with Crippen LogP contribution in [-0.4, -0.2) is 29.9 Å². The van der Waals surface area contributed by atoms with Crippen molar-refractivity contribution in [2.24, 2.45) is 0 Å². The molecule has 2 saturated heterocycles. The van der Waals surface area contributed by atoms with E-state index in [1.54, 1.807) is 0 Å². The number of ketones is 1. The Morgan fingerprint density at radius 3 is 3.00 bits per heavy atom. The molecule has 0 saturated carbocycles. The average Bonchev–Trinajstić information content (AvgIpc) is 2.25. The molecule has 0 aromatic rings. The van der Waals surface area contributed by atoms with Crippen LogP contribution in [0.4, 0.5) is 0 Å². The highest BCUT2D eigenvalue weighted by atomic mass is 16.5. The van der Waals surface area contributed by atoms with Gasteiger partial charge in [-0.3, -0.25) is 9.59 Å². The fourth-order valence-corrected chi connectivity index (χ4v) is 2.20. The molecule has 3 atom stereocenters. The molecule has 0 aliphatic carbocycles. The smallest absolute Gasteiger partial charge is 0.302 e. The lowest BCUT2D eigenvalue weighted by Crippen LogP contribution is -2.41. The second-order valence-electron chi connectivity index (χ2n) is 3.80. The number of esters is 1. The van der Waals surface area contributed by atoms with Gasteiger partial charge in [-0.05, 0) is 0 Å². The van der Waals surface area contributed by atoms with E-state index in [-0.39, 0.29) is 29.9 Å².